The van der Waals surface area contributed by atoms with Gasteiger partial charge in [-0.15, -0.1) is 0 Å². The Morgan fingerprint density at radius 1 is 1.39 bits per heavy atom. The van der Waals surface area contributed by atoms with Crippen molar-refractivity contribution in [1.29, 1.82) is 0 Å². The molecule has 3 heteroatoms. The monoisotopic (exact) mass is 310 g/mol. The van der Waals surface area contributed by atoms with Gasteiger partial charge in [0.25, 0.3) is 0 Å². The molecule has 2 aliphatic rings. The Balaban J connectivity index is 2.23. The Morgan fingerprint density at radius 2 is 2.13 bits per heavy atom. The average Bonchev–Trinajstić information content (AvgIpc) is 2.52. The van der Waals surface area contributed by atoms with Crippen LogP contribution in [0.15, 0.2) is 42.0 Å². The lowest BCUT2D eigenvalue weighted by Crippen LogP contribution is -2.42. The third-order valence-corrected chi connectivity index (χ3v) is 5.03. The van der Waals surface area contributed by atoms with Crippen molar-refractivity contribution in [3.05, 3.63) is 58.7 Å². The maximum atomic E-state index is 12.8. The number of phenols is 1. The minimum Gasteiger partial charge on any atom is -0.508 e. The van der Waals surface area contributed by atoms with Gasteiger partial charge in [-0.1, -0.05) is 18.7 Å². The summed E-state index contributed by atoms with van der Waals surface area (Å²) in [6.07, 6.45) is 5.12. The van der Waals surface area contributed by atoms with Gasteiger partial charge < -0.3 is 9.84 Å². The molecule has 1 aromatic carbocycles. The van der Waals surface area contributed by atoms with Crippen LogP contribution in [0, 0.1) is 6.92 Å². The highest BCUT2D eigenvalue weighted by molar-refractivity contribution is 6.11. The van der Waals surface area contributed by atoms with Crippen molar-refractivity contribution >= 4 is 11.4 Å². The Bertz CT molecular complexity index is 767. The highest BCUT2D eigenvalue weighted by Crippen LogP contribution is 2.46. The van der Waals surface area contributed by atoms with Crippen LogP contribution in [0.5, 0.6) is 5.75 Å². The van der Waals surface area contributed by atoms with Gasteiger partial charge in [0.15, 0.2) is 11.4 Å². The molecule has 2 aliphatic carbocycles. The third-order valence-electron chi connectivity index (χ3n) is 5.03. The van der Waals surface area contributed by atoms with Gasteiger partial charge in [-0.05, 0) is 79.2 Å². The Labute approximate surface area is 137 Å². The first-order valence-electron chi connectivity index (χ1n) is 8.02. The first-order valence-corrected chi connectivity index (χ1v) is 8.02. The van der Waals surface area contributed by atoms with Crippen molar-refractivity contribution in [3.63, 3.8) is 0 Å². The molecule has 23 heavy (non-hydrogen) atoms. The van der Waals surface area contributed by atoms with E-state index in [1.807, 2.05) is 26.8 Å². The van der Waals surface area contributed by atoms with Crippen LogP contribution in [-0.4, -0.2) is 23.1 Å². The molecule has 1 unspecified atom stereocenters. The van der Waals surface area contributed by atoms with Gasteiger partial charge in [0.2, 0.25) is 0 Å². The quantitative estimate of drug-likeness (QED) is 0.921. The normalized spacial score (nSPS) is 23.3. The molecule has 0 saturated carbocycles. The summed E-state index contributed by atoms with van der Waals surface area (Å²) < 4.78 is 5.80. The molecule has 0 aromatic heterocycles. The largest absolute Gasteiger partial charge is 0.508 e. The van der Waals surface area contributed by atoms with Crippen LogP contribution < -0.4 is 0 Å². The second-order valence-corrected chi connectivity index (χ2v) is 6.22. The molecule has 0 saturated heterocycles. The number of aromatic hydroxyl groups is 1. The molecule has 1 aromatic rings. The molecule has 0 radical (unpaired) electrons. The van der Waals surface area contributed by atoms with E-state index in [9.17, 15) is 9.90 Å². The number of phenolic OH excluding ortho intramolecular Hbond substituents is 1. The van der Waals surface area contributed by atoms with Crippen LogP contribution in [0.2, 0.25) is 0 Å². The van der Waals surface area contributed by atoms with Crippen molar-refractivity contribution in [2.45, 2.75) is 39.2 Å². The molecule has 0 aliphatic heterocycles. The van der Waals surface area contributed by atoms with E-state index in [4.69, 9.17) is 4.74 Å². The molecule has 0 spiro atoms. The van der Waals surface area contributed by atoms with Crippen molar-refractivity contribution in [1.82, 2.24) is 0 Å². The molecule has 0 fully saturated rings. The van der Waals surface area contributed by atoms with Gasteiger partial charge in [-0.2, -0.15) is 0 Å². The van der Waals surface area contributed by atoms with Crippen molar-refractivity contribution in [2.75, 3.05) is 6.61 Å². The molecule has 0 heterocycles. The van der Waals surface area contributed by atoms with E-state index in [1.54, 1.807) is 18.2 Å². The van der Waals surface area contributed by atoms with Crippen LogP contribution in [0.4, 0.5) is 0 Å². The van der Waals surface area contributed by atoms with Crippen molar-refractivity contribution in [2.24, 2.45) is 0 Å². The standard InChI is InChI=1S/C20H22O3/c1-5-17-15-8-7-13-12(3)18(21)10-9-14(13)16(15)11-19(22)20(17,4)23-6-2/h5,9-11,21H,1,6-8H2,2-4H3. The van der Waals surface area contributed by atoms with Crippen molar-refractivity contribution < 1.29 is 14.6 Å². The summed E-state index contributed by atoms with van der Waals surface area (Å²) >= 11 is 0. The SMILES string of the molecule is C=CC1=C2CCc3c(ccc(O)c3C)C2=CC(=O)C1(C)OCC. The lowest BCUT2D eigenvalue weighted by Gasteiger charge is -2.37. The van der Waals surface area contributed by atoms with E-state index in [0.29, 0.717) is 12.4 Å². The summed E-state index contributed by atoms with van der Waals surface area (Å²) in [7, 11) is 0. The maximum absolute atomic E-state index is 12.8. The minimum absolute atomic E-state index is 0.0495. The second kappa shape index (κ2) is 5.50. The predicted octanol–water partition coefficient (Wildman–Crippen LogP) is 3.89. The summed E-state index contributed by atoms with van der Waals surface area (Å²) in [5.74, 6) is 0.258. The van der Waals surface area contributed by atoms with Gasteiger partial charge in [0.1, 0.15) is 5.75 Å². The zero-order valence-electron chi connectivity index (χ0n) is 13.9. The number of allylic oxidation sites excluding steroid dienone is 2. The fourth-order valence-electron chi connectivity index (χ4n) is 3.76. The second-order valence-electron chi connectivity index (χ2n) is 6.22. The lowest BCUT2D eigenvalue weighted by molar-refractivity contribution is -0.132. The van der Waals surface area contributed by atoms with Crippen molar-refractivity contribution in [3.8, 4) is 5.75 Å². The molecular weight excluding hydrogens is 288 g/mol. The maximum Gasteiger partial charge on any atom is 0.192 e. The van der Waals surface area contributed by atoms with E-state index in [0.717, 1.165) is 46.3 Å². The first-order chi connectivity index (χ1) is 10.9. The number of benzene rings is 1. The highest BCUT2D eigenvalue weighted by Gasteiger charge is 2.42. The smallest absolute Gasteiger partial charge is 0.192 e. The van der Waals surface area contributed by atoms with E-state index in [1.165, 1.54) is 0 Å². The summed E-state index contributed by atoms with van der Waals surface area (Å²) in [6, 6.07) is 3.60. The molecule has 1 atom stereocenters. The number of carbonyl (C=O) groups excluding carboxylic acids is 1. The van der Waals surface area contributed by atoms with Gasteiger partial charge in [0, 0.05) is 6.61 Å². The number of hydrogen-bond acceptors (Lipinski definition) is 3. The third kappa shape index (κ3) is 2.19. The molecule has 3 nitrogen and oxygen atoms in total. The zero-order chi connectivity index (χ0) is 16.8. The highest BCUT2D eigenvalue weighted by atomic mass is 16.5. The minimum atomic E-state index is -0.946. The molecule has 3 rings (SSSR count). The topological polar surface area (TPSA) is 46.5 Å². The van der Waals surface area contributed by atoms with E-state index < -0.39 is 5.60 Å². The molecule has 0 amide bonds. The average molecular weight is 310 g/mol. The van der Waals surface area contributed by atoms with E-state index >= 15 is 0 Å². The molecule has 0 bridgehead atoms. The number of hydrogen-bond donors (Lipinski definition) is 1. The molecular formula is C20H22O3. The number of fused-ring (bicyclic) bond motifs is 3. The molecule has 120 valence electrons. The Morgan fingerprint density at radius 3 is 2.78 bits per heavy atom. The van der Waals surface area contributed by atoms with Crippen LogP contribution in [0.3, 0.4) is 0 Å². The Hall–Kier alpha value is -2.13. The predicted molar refractivity (Wildman–Crippen MR) is 91.4 cm³/mol. The van der Waals surface area contributed by atoms with E-state index in [-0.39, 0.29) is 5.78 Å². The fraction of sp³-hybridized carbons (Fsp3) is 0.350. The number of ketones is 1. The van der Waals surface area contributed by atoms with Crippen LogP contribution >= 0.6 is 0 Å². The van der Waals surface area contributed by atoms with E-state index in [2.05, 4.69) is 6.58 Å². The van der Waals surface area contributed by atoms with Crippen LogP contribution in [-0.2, 0) is 16.0 Å². The van der Waals surface area contributed by atoms with Gasteiger partial charge in [-0.25, -0.2) is 0 Å². The molecule has 1 N–H and O–H groups in total. The van der Waals surface area contributed by atoms with Crippen LogP contribution in [0.1, 0.15) is 37.0 Å². The number of rotatable bonds is 3. The zero-order valence-corrected chi connectivity index (χ0v) is 13.9. The first kappa shape index (κ1) is 15.8. The van der Waals surface area contributed by atoms with Gasteiger partial charge in [0.05, 0.1) is 0 Å². The Kier molecular flexibility index (Phi) is 3.77. The summed E-state index contributed by atoms with van der Waals surface area (Å²) in [4.78, 5) is 12.8. The summed E-state index contributed by atoms with van der Waals surface area (Å²) in [5.41, 5.74) is 5.06. The van der Waals surface area contributed by atoms with Gasteiger partial charge in [-0.3, -0.25) is 4.79 Å². The number of ether oxygens (including phenoxy) is 1. The van der Waals surface area contributed by atoms with Gasteiger partial charge >= 0.3 is 0 Å². The lowest BCUT2D eigenvalue weighted by atomic mass is 9.71. The van der Waals surface area contributed by atoms with Crippen LogP contribution in [0.25, 0.3) is 5.57 Å². The number of carbonyl (C=O) groups is 1. The summed E-state index contributed by atoms with van der Waals surface area (Å²) in [6.45, 7) is 10.0. The summed E-state index contributed by atoms with van der Waals surface area (Å²) in [5, 5.41) is 9.94. The fourth-order valence-corrected chi connectivity index (χ4v) is 3.76.